The summed E-state index contributed by atoms with van der Waals surface area (Å²) in [6.45, 7) is 6.69. The number of nitrogens with zero attached hydrogens (tertiary/aromatic N) is 2. The van der Waals surface area contributed by atoms with E-state index >= 15 is 0 Å². The average Bonchev–Trinajstić information content (AvgIpc) is 3.36. The van der Waals surface area contributed by atoms with E-state index in [4.69, 9.17) is 21.1 Å². The minimum atomic E-state index is -0.228. The summed E-state index contributed by atoms with van der Waals surface area (Å²) in [4.78, 5) is 31.7. The van der Waals surface area contributed by atoms with Crippen molar-refractivity contribution in [2.24, 2.45) is 0 Å². The second kappa shape index (κ2) is 11.4. The Labute approximate surface area is 221 Å². The fourth-order valence-corrected chi connectivity index (χ4v) is 5.43. The number of aryl methyl sites for hydroxylation is 1. The van der Waals surface area contributed by atoms with Crippen molar-refractivity contribution < 1.29 is 19.1 Å². The summed E-state index contributed by atoms with van der Waals surface area (Å²) in [5.74, 6) is 1.12. The maximum atomic E-state index is 13.6. The van der Waals surface area contributed by atoms with Crippen molar-refractivity contribution in [2.75, 3.05) is 26.8 Å². The molecular formula is C28H31ClN2O4S. The minimum absolute atomic E-state index is 0.00144. The summed E-state index contributed by atoms with van der Waals surface area (Å²) in [6, 6.07) is 14.2. The van der Waals surface area contributed by atoms with Gasteiger partial charge in [0.2, 0.25) is 5.91 Å². The Bertz CT molecular complexity index is 1220. The molecule has 2 amide bonds. The summed E-state index contributed by atoms with van der Waals surface area (Å²) < 4.78 is 11.3. The predicted molar refractivity (Wildman–Crippen MR) is 143 cm³/mol. The van der Waals surface area contributed by atoms with Gasteiger partial charge in [-0.05, 0) is 92.2 Å². The molecule has 3 aromatic rings. The van der Waals surface area contributed by atoms with Crippen molar-refractivity contribution in [3.8, 4) is 11.5 Å². The van der Waals surface area contributed by atoms with E-state index in [-0.39, 0.29) is 30.4 Å². The molecule has 1 aliphatic rings. The van der Waals surface area contributed by atoms with E-state index in [1.807, 2.05) is 43.9 Å². The SMILES string of the molecule is COc1ccc(C(=O)N(CC(=O)N2CCc3sccc3C2COc2ccc(Cl)c(C)c2)C(C)C)cc1. The van der Waals surface area contributed by atoms with Gasteiger partial charge in [0.25, 0.3) is 5.91 Å². The summed E-state index contributed by atoms with van der Waals surface area (Å²) in [6.07, 6.45) is 0.795. The fraction of sp³-hybridized carbons (Fsp3) is 0.357. The van der Waals surface area contributed by atoms with Gasteiger partial charge in [-0.15, -0.1) is 11.3 Å². The first-order chi connectivity index (χ1) is 17.3. The number of rotatable bonds is 8. The van der Waals surface area contributed by atoms with E-state index in [0.29, 0.717) is 35.2 Å². The van der Waals surface area contributed by atoms with Crippen LogP contribution in [0.15, 0.2) is 53.9 Å². The molecule has 1 aromatic heterocycles. The largest absolute Gasteiger partial charge is 0.497 e. The lowest BCUT2D eigenvalue weighted by atomic mass is 10.00. The van der Waals surface area contributed by atoms with Crippen LogP contribution in [0.3, 0.4) is 0 Å². The van der Waals surface area contributed by atoms with Gasteiger partial charge in [0, 0.05) is 28.0 Å². The number of halogens is 1. The number of methoxy groups -OCH3 is 1. The van der Waals surface area contributed by atoms with Crippen LogP contribution in [0, 0.1) is 6.92 Å². The Balaban J connectivity index is 1.52. The highest BCUT2D eigenvalue weighted by molar-refractivity contribution is 7.10. The third-order valence-electron chi connectivity index (χ3n) is 6.48. The highest BCUT2D eigenvalue weighted by atomic mass is 35.5. The van der Waals surface area contributed by atoms with Crippen LogP contribution in [-0.2, 0) is 11.2 Å². The van der Waals surface area contributed by atoms with Crippen molar-refractivity contribution in [1.82, 2.24) is 9.80 Å². The Morgan fingerprint density at radius 1 is 1.14 bits per heavy atom. The molecule has 2 heterocycles. The Kier molecular flexibility index (Phi) is 8.21. The molecule has 190 valence electrons. The first-order valence-corrected chi connectivity index (χ1v) is 13.2. The summed E-state index contributed by atoms with van der Waals surface area (Å²) in [7, 11) is 1.58. The van der Waals surface area contributed by atoms with E-state index in [1.165, 1.54) is 4.88 Å². The van der Waals surface area contributed by atoms with Gasteiger partial charge in [0.1, 0.15) is 24.7 Å². The molecule has 0 saturated carbocycles. The van der Waals surface area contributed by atoms with Gasteiger partial charge < -0.3 is 19.3 Å². The average molecular weight is 527 g/mol. The topological polar surface area (TPSA) is 59.1 Å². The number of ether oxygens (including phenoxy) is 2. The van der Waals surface area contributed by atoms with Crippen LogP contribution in [0.4, 0.5) is 0 Å². The number of amides is 2. The normalized spacial score (nSPS) is 14.9. The number of hydrogen-bond donors (Lipinski definition) is 0. The van der Waals surface area contributed by atoms with Crippen LogP contribution in [-0.4, -0.2) is 54.5 Å². The van der Waals surface area contributed by atoms with Crippen LogP contribution in [0.25, 0.3) is 0 Å². The van der Waals surface area contributed by atoms with Gasteiger partial charge in [-0.3, -0.25) is 9.59 Å². The molecule has 1 aliphatic heterocycles. The second-order valence-corrected chi connectivity index (χ2v) is 10.5. The molecule has 1 unspecified atom stereocenters. The molecule has 0 bridgehead atoms. The van der Waals surface area contributed by atoms with Crippen LogP contribution in [0.2, 0.25) is 5.02 Å². The Morgan fingerprint density at radius 3 is 2.53 bits per heavy atom. The molecule has 2 aromatic carbocycles. The molecule has 0 radical (unpaired) electrons. The zero-order chi connectivity index (χ0) is 25.8. The monoisotopic (exact) mass is 526 g/mol. The third kappa shape index (κ3) is 5.68. The fourth-order valence-electron chi connectivity index (χ4n) is 4.38. The molecule has 8 heteroatoms. The summed E-state index contributed by atoms with van der Waals surface area (Å²) >= 11 is 7.87. The summed E-state index contributed by atoms with van der Waals surface area (Å²) in [5.41, 5.74) is 2.57. The number of carbonyl (C=O) groups is 2. The highest BCUT2D eigenvalue weighted by Crippen LogP contribution is 2.34. The van der Waals surface area contributed by atoms with Crippen molar-refractivity contribution in [3.05, 3.63) is 80.5 Å². The molecule has 1 atom stereocenters. The van der Waals surface area contributed by atoms with Gasteiger partial charge in [-0.1, -0.05) is 11.6 Å². The van der Waals surface area contributed by atoms with Crippen LogP contribution in [0.1, 0.15) is 46.3 Å². The lowest BCUT2D eigenvalue weighted by Gasteiger charge is -2.37. The quantitative estimate of drug-likeness (QED) is 0.373. The predicted octanol–water partition coefficient (Wildman–Crippen LogP) is 5.77. The van der Waals surface area contributed by atoms with Crippen molar-refractivity contribution in [1.29, 1.82) is 0 Å². The maximum absolute atomic E-state index is 13.6. The first kappa shape index (κ1) is 26.0. The molecule has 0 saturated heterocycles. The van der Waals surface area contributed by atoms with E-state index in [9.17, 15) is 9.59 Å². The third-order valence-corrected chi connectivity index (χ3v) is 7.90. The van der Waals surface area contributed by atoms with E-state index < -0.39 is 0 Å². The minimum Gasteiger partial charge on any atom is -0.497 e. The van der Waals surface area contributed by atoms with Gasteiger partial charge in [-0.2, -0.15) is 0 Å². The number of thiophene rings is 1. The maximum Gasteiger partial charge on any atom is 0.254 e. The van der Waals surface area contributed by atoms with E-state index in [1.54, 1.807) is 47.6 Å². The van der Waals surface area contributed by atoms with Crippen LogP contribution in [0.5, 0.6) is 11.5 Å². The smallest absolute Gasteiger partial charge is 0.254 e. The number of carbonyl (C=O) groups excluding carboxylic acids is 2. The molecule has 6 nitrogen and oxygen atoms in total. The molecule has 4 rings (SSSR count). The zero-order valence-electron chi connectivity index (χ0n) is 21.0. The van der Waals surface area contributed by atoms with Gasteiger partial charge in [-0.25, -0.2) is 0 Å². The van der Waals surface area contributed by atoms with Crippen LogP contribution < -0.4 is 9.47 Å². The van der Waals surface area contributed by atoms with E-state index in [0.717, 1.165) is 17.5 Å². The Morgan fingerprint density at radius 2 is 1.86 bits per heavy atom. The lowest BCUT2D eigenvalue weighted by Crippen LogP contribution is -2.49. The lowest BCUT2D eigenvalue weighted by molar-refractivity contribution is -0.136. The molecule has 0 aliphatic carbocycles. The molecule has 0 N–H and O–H groups in total. The standard InChI is InChI=1S/C28H31ClN2O4S/c1-18(2)31(28(33)20-5-7-21(34-4)8-6-20)16-27(32)30-13-11-26-23(12-14-36-26)25(30)17-35-22-9-10-24(29)19(3)15-22/h5-10,12,14-15,18,25H,11,13,16-17H2,1-4H3. The van der Waals surface area contributed by atoms with Gasteiger partial charge in [0.15, 0.2) is 0 Å². The number of benzene rings is 2. The van der Waals surface area contributed by atoms with Gasteiger partial charge in [0.05, 0.1) is 13.2 Å². The Hall–Kier alpha value is -3.03. The summed E-state index contributed by atoms with van der Waals surface area (Å²) in [5, 5.41) is 2.75. The molecule has 0 spiro atoms. The first-order valence-electron chi connectivity index (χ1n) is 12.0. The van der Waals surface area contributed by atoms with E-state index in [2.05, 4.69) is 11.4 Å². The van der Waals surface area contributed by atoms with Crippen molar-refractivity contribution in [2.45, 2.75) is 39.3 Å². The second-order valence-electron chi connectivity index (χ2n) is 9.13. The van der Waals surface area contributed by atoms with Crippen LogP contribution >= 0.6 is 22.9 Å². The number of hydrogen-bond acceptors (Lipinski definition) is 5. The molecule has 0 fully saturated rings. The molecule has 36 heavy (non-hydrogen) atoms. The van der Waals surface area contributed by atoms with Gasteiger partial charge >= 0.3 is 0 Å². The zero-order valence-corrected chi connectivity index (χ0v) is 22.6. The van der Waals surface area contributed by atoms with Crippen molar-refractivity contribution >= 4 is 34.8 Å². The van der Waals surface area contributed by atoms with Crippen molar-refractivity contribution in [3.63, 3.8) is 0 Å². The number of fused-ring (bicyclic) bond motifs is 1. The highest BCUT2D eigenvalue weighted by Gasteiger charge is 2.34. The molecular weight excluding hydrogens is 496 g/mol.